The van der Waals surface area contributed by atoms with Gasteiger partial charge in [0.2, 0.25) is 11.7 Å². The summed E-state index contributed by atoms with van der Waals surface area (Å²) in [5.74, 6) is 2.97. The van der Waals surface area contributed by atoms with Crippen LogP contribution in [0.3, 0.4) is 0 Å². The molecule has 0 fully saturated rings. The largest absolute Gasteiger partial charge is 0.469 e. The highest BCUT2D eigenvalue weighted by molar-refractivity contribution is 7.98. The third-order valence-corrected chi connectivity index (χ3v) is 5.81. The monoisotopic (exact) mass is 449 g/mol. The predicted octanol–water partition coefficient (Wildman–Crippen LogP) is 5.83. The van der Waals surface area contributed by atoms with E-state index in [2.05, 4.69) is 20.3 Å². The van der Waals surface area contributed by atoms with Gasteiger partial charge < -0.3 is 8.94 Å². The number of rotatable bonds is 6. The Balaban J connectivity index is 1.43. The van der Waals surface area contributed by atoms with Crippen LogP contribution in [0.5, 0.6) is 0 Å². The van der Waals surface area contributed by atoms with Crippen LogP contribution in [0.2, 0.25) is 5.02 Å². The quantitative estimate of drug-likeness (QED) is 0.301. The van der Waals surface area contributed by atoms with E-state index in [-0.39, 0.29) is 0 Å². The molecule has 9 heteroatoms. The maximum atomic E-state index is 5.95. The molecule has 0 unspecified atom stereocenters. The lowest BCUT2D eigenvalue weighted by atomic mass is 10.2. The van der Waals surface area contributed by atoms with Gasteiger partial charge in [0.25, 0.3) is 0 Å². The van der Waals surface area contributed by atoms with Crippen molar-refractivity contribution in [3.8, 4) is 28.5 Å². The smallest absolute Gasteiger partial charge is 0.237 e. The third kappa shape index (κ3) is 3.99. The minimum Gasteiger partial charge on any atom is -0.469 e. The van der Waals surface area contributed by atoms with Crippen molar-refractivity contribution in [1.82, 2.24) is 24.9 Å². The molecule has 3 aromatic heterocycles. The molecule has 0 aliphatic carbocycles. The molecule has 0 N–H and O–H groups in total. The van der Waals surface area contributed by atoms with Crippen LogP contribution in [-0.2, 0) is 5.75 Å². The van der Waals surface area contributed by atoms with Gasteiger partial charge in [0.05, 0.1) is 17.6 Å². The van der Waals surface area contributed by atoms with E-state index in [1.54, 1.807) is 18.4 Å². The Morgan fingerprint density at radius 3 is 2.55 bits per heavy atom. The summed E-state index contributed by atoms with van der Waals surface area (Å²) in [6, 6.07) is 19.1. The molecule has 31 heavy (non-hydrogen) atoms. The van der Waals surface area contributed by atoms with Crippen molar-refractivity contribution in [2.45, 2.75) is 17.8 Å². The molecule has 0 bridgehead atoms. The van der Waals surface area contributed by atoms with Crippen molar-refractivity contribution >= 4 is 23.4 Å². The Hall–Kier alpha value is -3.36. The first-order valence-electron chi connectivity index (χ1n) is 9.45. The number of aromatic nitrogens is 5. The van der Waals surface area contributed by atoms with Gasteiger partial charge in [-0.25, -0.2) is 0 Å². The Kier molecular flexibility index (Phi) is 5.31. The zero-order chi connectivity index (χ0) is 21.2. The summed E-state index contributed by atoms with van der Waals surface area (Å²) in [4.78, 5) is 4.48. The van der Waals surface area contributed by atoms with Gasteiger partial charge in [-0.2, -0.15) is 4.98 Å². The van der Waals surface area contributed by atoms with Gasteiger partial charge in [-0.3, -0.25) is 4.57 Å². The van der Waals surface area contributed by atoms with Crippen molar-refractivity contribution in [1.29, 1.82) is 0 Å². The SMILES string of the molecule is Cc1occc1-c1nnc(SCc2nc(-c3ccc(Cl)cc3)no2)n1-c1ccccc1. The minimum atomic E-state index is 0.454. The van der Waals surface area contributed by atoms with Crippen molar-refractivity contribution in [2.75, 3.05) is 0 Å². The molecule has 2 aromatic carbocycles. The van der Waals surface area contributed by atoms with Gasteiger partial charge in [-0.05, 0) is 49.4 Å². The number of thioether (sulfide) groups is 1. The van der Waals surface area contributed by atoms with Crippen LogP contribution in [-0.4, -0.2) is 24.9 Å². The molecule has 3 heterocycles. The number of hydrogen-bond donors (Lipinski definition) is 0. The highest BCUT2D eigenvalue weighted by Crippen LogP contribution is 2.31. The molecule has 0 radical (unpaired) electrons. The van der Waals surface area contributed by atoms with E-state index in [1.165, 1.54) is 11.8 Å². The molecule has 5 rings (SSSR count). The Labute approximate surface area is 187 Å². The Morgan fingerprint density at radius 2 is 1.81 bits per heavy atom. The van der Waals surface area contributed by atoms with Gasteiger partial charge in [0, 0.05) is 16.3 Å². The van der Waals surface area contributed by atoms with Crippen LogP contribution in [0.15, 0.2) is 81.0 Å². The van der Waals surface area contributed by atoms with E-state index in [0.717, 1.165) is 22.6 Å². The summed E-state index contributed by atoms with van der Waals surface area (Å²) in [5.41, 5.74) is 2.69. The molecule has 0 saturated heterocycles. The molecule has 0 aliphatic heterocycles. The van der Waals surface area contributed by atoms with Gasteiger partial charge in [0.1, 0.15) is 5.76 Å². The summed E-state index contributed by atoms with van der Waals surface area (Å²) in [5, 5.41) is 14.3. The van der Waals surface area contributed by atoms with Crippen LogP contribution in [0.25, 0.3) is 28.5 Å². The van der Waals surface area contributed by atoms with Crippen LogP contribution in [0.1, 0.15) is 11.7 Å². The average molecular weight is 450 g/mol. The number of hydrogen-bond acceptors (Lipinski definition) is 7. The second-order valence-electron chi connectivity index (χ2n) is 6.67. The van der Waals surface area contributed by atoms with Gasteiger partial charge >= 0.3 is 0 Å². The second-order valence-corrected chi connectivity index (χ2v) is 8.05. The van der Waals surface area contributed by atoms with Crippen LogP contribution in [0.4, 0.5) is 0 Å². The lowest BCUT2D eigenvalue weighted by Gasteiger charge is -2.09. The molecular formula is C22H16ClN5O2S. The summed E-state index contributed by atoms with van der Waals surface area (Å²) in [7, 11) is 0. The number of nitrogens with zero attached hydrogens (tertiary/aromatic N) is 5. The molecule has 154 valence electrons. The number of furan rings is 1. The van der Waals surface area contributed by atoms with Gasteiger partial charge in [0.15, 0.2) is 11.0 Å². The van der Waals surface area contributed by atoms with Crippen LogP contribution < -0.4 is 0 Å². The van der Waals surface area contributed by atoms with E-state index < -0.39 is 0 Å². The van der Waals surface area contributed by atoms with Crippen molar-refractivity contribution in [3.63, 3.8) is 0 Å². The summed E-state index contributed by atoms with van der Waals surface area (Å²) in [6.45, 7) is 1.91. The summed E-state index contributed by atoms with van der Waals surface area (Å²) in [6.07, 6.45) is 1.65. The number of aryl methyl sites for hydroxylation is 1. The summed E-state index contributed by atoms with van der Waals surface area (Å²) < 4.78 is 12.9. The highest BCUT2D eigenvalue weighted by Gasteiger charge is 2.20. The number of para-hydroxylation sites is 1. The molecule has 0 spiro atoms. The van der Waals surface area contributed by atoms with E-state index in [4.69, 9.17) is 20.5 Å². The first kappa shape index (κ1) is 19.6. The fraction of sp³-hybridized carbons (Fsp3) is 0.0909. The first-order chi connectivity index (χ1) is 15.2. The van der Waals surface area contributed by atoms with Crippen molar-refractivity contribution in [3.05, 3.63) is 83.6 Å². The van der Waals surface area contributed by atoms with E-state index in [1.807, 2.05) is 60.0 Å². The van der Waals surface area contributed by atoms with Crippen LogP contribution in [0, 0.1) is 6.92 Å². The van der Waals surface area contributed by atoms with E-state index in [0.29, 0.717) is 33.5 Å². The Bertz CT molecular complexity index is 1310. The minimum absolute atomic E-state index is 0.454. The second kappa shape index (κ2) is 8.41. The van der Waals surface area contributed by atoms with Crippen molar-refractivity contribution < 1.29 is 8.94 Å². The number of benzene rings is 2. The van der Waals surface area contributed by atoms with E-state index >= 15 is 0 Å². The van der Waals surface area contributed by atoms with Crippen molar-refractivity contribution in [2.24, 2.45) is 0 Å². The number of halogens is 1. The topological polar surface area (TPSA) is 82.8 Å². The fourth-order valence-corrected chi connectivity index (χ4v) is 4.04. The molecule has 0 aliphatic rings. The molecular weight excluding hydrogens is 434 g/mol. The molecule has 0 amide bonds. The van der Waals surface area contributed by atoms with Gasteiger partial charge in [-0.1, -0.05) is 46.7 Å². The fourth-order valence-electron chi connectivity index (χ4n) is 3.12. The molecule has 7 nitrogen and oxygen atoms in total. The Morgan fingerprint density at radius 1 is 1.00 bits per heavy atom. The normalized spacial score (nSPS) is 11.2. The average Bonchev–Trinajstić information content (AvgIpc) is 3.53. The zero-order valence-corrected chi connectivity index (χ0v) is 18.0. The maximum absolute atomic E-state index is 5.95. The van der Waals surface area contributed by atoms with Gasteiger partial charge in [-0.15, -0.1) is 10.2 Å². The van der Waals surface area contributed by atoms with E-state index in [9.17, 15) is 0 Å². The molecule has 5 aromatic rings. The zero-order valence-electron chi connectivity index (χ0n) is 16.4. The standard InChI is InChI=1S/C22H16ClN5O2S/c1-14-18(11-12-29-14)21-25-26-22(28(21)17-5-3-2-4-6-17)31-13-19-24-20(27-30-19)15-7-9-16(23)10-8-15/h2-12H,13H2,1H3. The third-order valence-electron chi connectivity index (χ3n) is 4.64. The molecule has 0 saturated carbocycles. The highest BCUT2D eigenvalue weighted by atomic mass is 35.5. The van der Waals surface area contributed by atoms with Crippen LogP contribution >= 0.6 is 23.4 Å². The molecule has 0 atom stereocenters. The lowest BCUT2D eigenvalue weighted by molar-refractivity contribution is 0.391. The summed E-state index contributed by atoms with van der Waals surface area (Å²) >= 11 is 7.42. The lowest BCUT2D eigenvalue weighted by Crippen LogP contribution is -1.99. The maximum Gasteiger partial charge on any atom is 0.237 e. The predicted molar refractivity (Wildman–Crippen MR) is 118 cm³/mol. The first-order valence-corrected chi connectivity index (χ1v) is 10.8.